The minimum Gasteiger partial charge on any atom is -0.246 e. The number of benzene rings is 2. The first-order valence-corrected chi connectivity index (χ1v) is 5.19. The van der Waals surface area contributed by atoms with Crippen LogP contribution in [0.4, 0.5) is 8.78 Å². The zero-order valence-electron chi connectivity index (χ0n) is 8.38. The molecular weight excluding hydrogens is 230 g/mol. The molecule has 0 heterocycles. The standard InChI is InChI=1S/C13H9ClF2/c14-11-4-5-13(10(6-11)8-15)9-2-1-3-12(16)7-9/h1-7H,8H2. The second kappa shape index (κ2) is 4.62. The molecule has 0 aromatic heterocycles. The lowest BCUT2D eigenvalue weighted by molar-refractivity contribution is 0.486. The highest BCUT2D eigenvalue weighted by atomic mass is 35.5. The van der Waals surface area contributed by atoms with E-state index in [1.165, 1.54) is 12.1 Å². The SMILES string of the molecule is FCc1cc(Cl)ccc1-c1cccc(F)c1. The largest absolute Gasteiger partial charge is 0.246 e. The lowest BCUT2D eigenvalue weighted by Gasteiger charge is -2.07. The molecule has 0 nitrogen and oxygen atoms in total. The van der Waals surface area contributed by atoms with Crippen molar-refractivity contribution in [3.63, 3.8) is 0 Å². The van der Waals surface area contributed by atoms with E-state index in [9.17, 15) is 8.78 Å². The van der Waals surface area contributed by atoms with Crippen LogP contribution < -0.4 is 0 Å². The van der Waals surface area contributed by atoms with Crippen LogP contribution >= 0.6 is 11.6 Å². The van der Waals surface area contributed by atoms with Crippen LogP contribution in [0.2, 0.25) is 5.02 Å². The van der Waals surface area contributed by atoms with E-state index < -0.39 is 6.67 Å². The van der Waals surface area contributed by atoms with Crippen LogP contribution in [0.3, 0.4) is 0 Å². The van der Waals surface area contributed by atoms with Gasteiger partial charge in [0.1, 0.15) is 12.5 Å². The van der Waals surface area contributed by atoms with Gasteiger partial charge >= 0.3 is 0 Å². The first kappa shape index (κ1) is 11.1. The second-order valence-corrected chi connectivity index (χ2v) is 3.88. The number of hydrogen-bond donors (Lipinski definition) is 0. The van der Waals surface area contributed by atoms with Crippen molar-refractivity contribution in [2.75, 3.05) is 0 Å². The minimum atomic E-state index is -0.619. The molecule has 2 aromatic rings. The third kappa shape index (κ3) is 2.22. The third-order valence-corrected chi connectivity index (χ3v) is 2.58. The Hall–Kier alpha value is -1.41. The van der Waals surface area contributed by atoms with Gasteiger partial charge in [-0.1, -0.05) is 29.8 Å². The van der Waals surface area contributed by atoms with Crippen molar-refractivity contribution in [3.8, 4) is 11.1 Å². The van der Waals surface area contributed by atoms with Gasteiger partial charge in [-0.25, -0.2) is 8.78 Å². The zero-order valence-corrected chi connectivity index (χ0v) is 9.14. The quantitative estimate of drug-likeness (QED) is 0.716. The summed E-state index contributed by atoms with van der Waals surface area (Å²) < 4.78 is 25.8. The number of rotatable bonds is 2. The lowest BCUT2D eigenvalue weighted by Crippen LogP contribution is -1.87. The van der Waals surface area contributed by atoms with Crippen molar-refractivity contribution in [1.29, 1.82) is 0 Å². The number of hydrogen-bond acceptors (Lipinski definition) is 0. The van der Waals surface area contributed by atoms with Crippen LogP contribution in [-0.4, -0.2) is 0 Å². The number of halogens is 3. The van der Waals surface area contributed by atoms with Gasteiger partial charge in [-0.15, -0.1) is 0 Å². The average molecular weight is 239 g/mol. The first-order valence-electron chi connectivity index (χ1n) is 4.81. The van der Waals surface area contributed by atoms with Crippen molar-refractivity contribution in [2.45, 2.75) is 6.67 Å². The summed E-state index contributed by atoms with van der Waals surface area (Å²) in [5, 5.41) is 0.479. The van der Waals surface area contributed by atoms with Crippen LogP contribution in [0.1, 0.15) is 5.56 Å². The van der Waals surface area contributed by atoms with Crippen LogP contribution in [0.15, 0.2) is 42.5 Å². The van der Waals surface area contributed by atoms with Crippen molar-refractivity contribution in [3.05, 3.63) is 58.9 Å². The molecule has 0 bridgehead atoms. The van der Waals surface area contributed by atoms with E-state index in [1.807, 2.05) is 0 Å². The molecule has 0 N–H and O–H groups in total. The molecule has 0 saturated carbocycles. The molecule has 16 heavy (non-hydrogen) atoms. The molecule has 0 aliphatic carbocycles. The Morgan fingerprint density at radius 2 is 1.88 bits per heavy atom. The van der Waals surface area contributed by atoms with E-state index in [2.05, 4.69) is 0 Å². The van der Waals surface area contributed by atoms with Gasteiger partial charge in [0.2, 0.25) is 0 Å². The highest BCUT2D eigenvalue weighted by molar-refractivity contribution is 6.30. The summed E-state index contributed by atoms with van der Waals surface area (Å²) in [6.07, 6.45) is 0. The van der Waals surface area contributed by atoms with E-state index in [0.717, 1.165) is 0 Å². The van der Waals surface area contributed by atoms with Gasteiger partial charge in [-0.05, 0) is 41.0 Å². The fraction of sp³-hybridized carbons (Fsp3) is 0.0769. The number of alkyl halides is 1. The Kier molecular flexibility index (Phi) is 3.20. The van der Waals surface area contributed by atoms with E-state index in [0.29, 0.717) is 21.7 Å². The third-order valence-electron chi connectivity index (χ3n) is 2.35. The molecule has 0 aliphatic heterocycles. The normalized spacial score (nSPS) is 10.4. The Bertz CT molecular complexity index is 509. The van der Waals surface area contributed by atoms with Gasteiger partial charge < -0.3 is 0 Å². The van der Waals surface area contributed by atoms with Crippen molar-refractivity contribution >= 4 is 11.6 Å². The van der Waals surface area contributed by atoms with Crippen molar-refractivity contribution in [1.82, 2.24) is 0 Å². The molecule has 0 radical (unpaired) electrons. The molecule has 82 valence electrons. The van der Waals surface area contributed by atoms with E-state index in [1.54, 1.807) is 30.3 Å². The molecule has 0 atom stereocenters. The molecule has 0 spiro atoms. The highest BCUT2D eigenvalue weighted by Gasteiger charge is 2.06. The molecule has 0 fully saturated rings. The summed E-state index contributed by atoms with van der Waals surface area (Å²) in [7, 11) is 0. The molecular formula is C13H9ClF2. The van der Waals surface area contributed by atoms with E-state index in [-0.39, 0.29) is 5.82 Å². The Labute approximate surface area is 97.5 Å². The zero-order chi connectivity index (χ0) is 11.5. The van der Waals surface area contributed by atoms with Crippen LogP contribution in [0, 0.1) is 5.82 Å². The van der Waals surface area contributed by atoms with Crippen molar-refractivity contribution < 1.29 is 8.78 Å². The summed E-state index contributed by atoms with van der Waals surface area (Å²) >= 11 is 5.77. The molecule has 2 rings (SSSR count). The van der Waals surface area contributed by atoms with Gasteiger partial charge in [0.25, 0.3) is 0 Å². The minimum absolute atomic E-state index is 0.336. The summed E-state index contributed by atoms with van der Waals surface area (Å²) in [5.74, 6) is -0.336. The maximum atomic E-state index is 13.0. The van der Waals surface area contributed by atoms with Crippen LogP contribution in [0.25, 0.3) is 11.1 Å². The van der Waals surface area contributed by atoms with Gasteiger partial charge in [0.05, 0.1) is 0 Å². The summed E-state index contributed by atoms with van der Waals surface area (Å²) in [5.41, 5.74) is 1.80. The van der Waals surface area contributed by atoms with Crippen molar-refractivity contribution in [2.24, 2.45) is 0 Å². The van der Waals surface area contributed by atoms with Gasteiger partial charge in [0.15, 0.2) is 0 Å². The van der Waals surface area contributed by atoms with Gasteiger partial charge in [-0.3, -0.25) is 0 Å². The first-order chi connectivity index (χ1) is 7.70. The highest BCUT2D eigenvalue weighted by Crippen LogP contribution is 2.27. The topological polar surface area (TPSA) is 0 Å². The smallest absolute Gasteiger partial charge is 0.123 e. The Balaban J connectivity index is 2.55. The summed E-state index contributed by atoms with van der Waals surface area (Å²) in [4.78, 5) is 0. The maximum Gasteiger partial charge on any atom is 0.123 e. The van der Waals surface area contributed by atoms with Gasteiger partial charge in [0, 0.05) is 5.02 Å². The molecule has 3 heteroatoms. The predicted molar refractivity (Wildman–Crippen MR) is 61.7 cm³/mol. The molecule has 0 unspecified atom stereocenters. The van der Waals surface area contributed by atoms with E-state index in [4.69, 9.17) is 11.6 Å². The van der Waals surface area contributed by atoms with Crippen LogP contribution in [-0.2, 0) is 6.67 Å². The molecule has 0 aliphatic rings. The maximum absolute atomic E-state index is 13.0. The Morgan fingerprint density at radius 3 is 2.56 bits per heavy atom. The average Bonchev–Trinajstić information content (AvgIpc) is 2.28. The molecule has 0 saturated heterocycles. The predicted octanol–water partition coefficient (Wildman–Crippen LogP) is 4.62. The molecule has 0 amide bonds. The fourth-order valence-electron chi connectivity index (χ4n) is 1.61. The summed E-state index contributed by atoms with van der Waals surface area (Å²) in [6.45, 7) is -0.619. The summed E-state index contributed by atoms with van der Waals surface area (Å²) in [6, 6.07) is 11.0. The van der Waals surface area contributed by atoms with Crippen LogP contribution in [0.5, 0.6) is 0 Å². The Morgan fingerprint density at radius 1 is 1.06 bits per heavy atom. The van der Waals surface area contributed by atoms with E-state index >= 15 is 0 Å². The fourth-order valence-corrected chi connectivity index (χ4v) is 1.81. The monoisotopic (exact) mass is 238 g/mol. The second-order valence-electron chi connectivity index (χ2n) is 3.45. The molecule has 2 aromatic carbocycles. The lowest BCUT2D eigenvalue weighted by atomic mass is 10.0. The van der Waals surface area contributed by atoms with Gasteiger partial charge in [-0.2, -0.15) is 0 Å².